The average Bonchev–Trinajstić information content (AvgIpc) is 3.61. The fourth-order valence-electron chi connectivity index (χ4n) is 5.08. The molecule has 1 N–H and O–H groups in total. The van der Waals surface area contributed by atoms with Crippen molar-refractivity contribution < 1.29 is 4.79 Å². The Morgan fingerprint density at radius 3 is 2.74 bits per heavy atom. The van der Waals surface area contributed by atoms with E-state index in [9.17, 15) is 10.1 Å². The first-order valence-electron chi connectivity index (χ1n) is 13.0. The third-order valence-electron chi connectivity index (χ3n) is 7.23. The lowest BCUT2D eigenvalue weighted by Gasteiger charge is -2.20. The van der Waals surface area contributed by atoms with Gasteiger partial charge in [0.1, 0.15) is 11.1 Å². The third kappa shape index (κ3) is 5.18. The second-order valence-electron chi connectivity index (χ2n) is 9.67. The number of nitrogens with zero attached hydrogens (tertiary/aromatic N) is 4. The highest BCUT2D eigenvalue weighted by atomic mass is 32.2. The number of amides is 1. The number of hydrogen-bond donors (Lipinski definition) is 1. The molecule has 0 spiro atoms. The van der Waals surface area contributed by atoms with Crippen LogP contribution in [0.1, 0.15) is 53.1 Å². The summed E-state index contributed by atoms with van der Waals surface area (Å²) in [4.78, 5) is 15.4. The molecule has 0 aliphatic heterocycles. The molecule has 9 heteroatoms. The molecule has 0 saturated carbocycles. The minimum atomic E-state index is -0.129. The Labute approximate surface area is 236 Å². The van der Waals surface area contributed by atoms with Gasteiger partial charge in [-0.3, -0.25) is 4.79 Å². The van der Waals surface area contributed by atoms with E-state index in [1.165, 1.54) is 38.2 Å². The molecule has 1 unspecified atom stereocenters. The number of aryl methyl sites for hydroxylation is 2. The summed E-state index contributed by atoms with van der Waals surface area (Å²) in [5, 5.41) is 25.4. The van der Waals surface area contributed by atoms with Gasteiger partial charge in [-0.05, 0) is 57.1 Å². The summed E-state index contributed by atoms with van der Waals surface area (Å²) in [5.74, 6) is 1.56. The van der Waals surface area contributed by atoms with Crippen LogP contribution in [0.15, 0.2) is 34.8 Å². The minimum absolute atomic E-state index is 0.129. The number of thioether (sulfide) groups is 1. The zero-order valence-electron chi connectivity index (χ0n) is 22.1. The zero-order valence-corrected chi connectivity index (χ0v) is 24.6. The second kappa shape index (κ2) is 11.4. The van der Waals surface area contributed by atoms with Crippen molar-refractivity contribution in [1.82, 2.24) is 14.8 Å². The standard InChI is InChI=1S/C29H31N5OS3/c1-5-19-9-12-21-22(14-30)28(38-24(21)13-19)31-25(35)16-37-29-33-32-27(34(29)6-2)23-15-36-18(4)26(23)20-10-7-17(3)8-11-20/h7-8,10-11,15,19H,5-6,9,12-13,16H2,1-4H3,(H,31,35). The summed E-state index contributed by atoms with van der Waals surface area (Å²) >= 11 is 4.66. The van der Waals surface area contributed by atoms with Crippen molar-refractivity contribution in [3.63, 3.8) is 0 Å². The molecule has 1 aliphatic rings. The van der Waals surface area contributed by atoms with Crippen LogP contribution >= 0.6 is 34.4 Å². The number of hydrogen-bond acceptors (Lipinski definition) is 7. The highest BCUT2D eigenvalue weighted by molar-refractivity contribution is 7.99. The predicted octanol–water partition coefficient (Wildman–Crippen LogP) is 7.49. The first-order valence-corrected chi connectivity index (χ1v) is 15.7. The lowest BCUT2D eigenvalue weighted by molar-refractivity contribution is -0.113. The van der Waals surface area contributed by atoms with E-state index < -0.39 is 0 Å². The molecule has 3 aromatic heterocycles. The highest BCUT2D eigenvalue weighted by Crippen LogP contribution is 2.41. The fraction of sp³-hybridized carbons (Fsp3) is 0.379. The van der Waals surface area contributed by atoms with Gasteiger partial charge in [-0.25, -0.2) is 0 Å². The van der Waals surface area contributed by atoms with Gasteiger partial charge < -0.3 is 9.88 Å². The summed E-state index contributed by atoms with van der Waals surface area (Å²) in [6.07, 6.45) is 4.19. The molecule has 0 saturated heterocycles. The van der Waals surface area contributed by atoms with E-state index in [1.807, 2.05) is 0 Å². The summed E-state index contributed by atoms with van der Waals surface area (Å²) in [6.45, 7) is 9.21. The van der Waals surface area contributed by atoms with Gasteiger partial charge >= 0.3 is 0 Å². The third-order valence-corrected chi connectivity index (χ3v) is 10.3. The van der Waals surface area contributed by atoms with E-state index in [2.05, 4.69) is 83.5 Å². The number of carbonyl (C=O) groups is 1. The number of rotatable bonds is 8. The fourth-order valence-corrected chi connectivity index (χ4v) is 8.07. The van der Waals surface area contributed by atoms with E-state index in [1.54, 1.807) is 22.7 Å². The van der Waals surface area contributed by atoms with Crippen molar-refractivity contribution in [2.24, 2.45) is 5.92 Å². The number of nitriles is 1. The lowest BCUT2D eigenvalue weighted by atomic mass is 9.86. The molecule has 0 radical (unpaired) electrons. The molecule has 1 amide bonds. The number of benzene rings is 1. The zero-order chi connectivity index (χ0) is 26.8. The Morgan fingerprint density at radius 2 is 2.03 bits per heavy atom. The van der Waals surface area contributed by atoms with Gasteiger partial charge in [-0.15, -0.1) is 32.9 Å². The number of anilines is 1. The topological polar surface area (TPSA) is 83.6 Å². The number of aromatic nitrogens is 3. The molecular weight excluding hydrogens is 531 g/mol. The molecule has 6 nitrogen and oxygen atoms in total. The molecule has 0 fully saturated rings. The number of carbonyl (C=O) groups excluding carboxylic acids is 1. The second-order valence-corrected chi connectivity index (χ2v) is 12.8. The Balaban J connectivity index is 1.33. The monoisotopic (exact) mass is 561 g/mol. The van der Waals surface area contributed by atoms with Crippen LogP contribution in [0.4, 0.5) is 5.00 Å². The van der Waals surface area contributed by atoms with Crippen molar-refractivity contribution in [2.45, 2.75) is 65.1 Å². The van der Waals surface area contributed by atoms with Crippen molar-refractivity contribution in [2.75, 3.05) is 11.1 Å². The summed E-state index contributed by atoms with van der Waals surface area (Å²) in [6, 6.07) is 10.9. The Bertz CT molecular complexity index is 1510. The number of nitrogens with one attached hydrogen (secondary N) is 1. The maximum Gasteiger partial charge on any atom is 0.235 e. The van der Waals surface area contributed by atoms with Gasteiger partial charge in [-0.1, -0.05) is 54.9 Å². The van der Waals surface area contributed by atoms with Crippen LogP contribution < -0.4 is 5.32 Å². The van der Waals surface area contributed by atoms with E-state index in [-0.39, 0.29) is 11.7 Å². The van der Waals surface area contributed by atoms with E-state index >= 15 is 0 Å². The maximum atomic E-state index is 12.9. The van der Waals surface area contributed by atoms with Gasteiger partial charge in [0.25, 0.3) is 0 Å². The quantitative estimate of drug-likeness (QED) is 0.225. The van der Waals surface area contributed by atoms with Crippen LogP contribution in [0, 0.1) is 31.1 Å². The Morgan fingerprint density at radius 1 is 1.24 bits per heavy atom. The van der Waals surface area contributed by atoms with Gasteiger partial charge in [-0.2, -0.15) is 5.26 Å². The van der Waals surface area contributed by atoms with Crippen LogP contribution in [0.5, 0.6) is 0 Å². The highest BCUT2D eigenvalue weighted by Gasteiger charge is 2.26. The lowest BCUT2D eigenvalue weighted by Crippen LogP contribution is -2.15. The Hall–Kier alpha value is -2.93. The van der Waals surface area contributed by atoms with Gasteiger partial charge in [0.05, 0.1) is 11.3 Å². The molecule has 1 atom stereocenters. The first-order chi connectivity index (χ1) is 18.4. The van der Waals surface area contributed by atoms with Crippen LogP contribution in [0.2, 0.25) is 0 Å². The molecule has 5 rings (SSSR count). The minimum Gasteiger partial charge on any atom is -0.316 e. The maximum absolute atomic E-state index is 12.9. The van der Waals surface area contributed by atoms with Gasteiger partial charge in [0, 0.05) is 32.8 Å². The van der Waals surface area contributed by atoms with Crippen LogP contribution in [0.25, 0.3) is 22.5 Å². The van der Waals surface area contributed by atoms with E-state index in [0.717, 1.165) is 42.6 Å². The molecule has 196 valence electrons. The number of fused-ring (bicyclic) bond motifs is 1. The first kappa shape index (κ1) is 26.7. The van der Waals surface area contributed by atoms with Crippen LogP contribution in [0.3, 0.4) is 0 Å². The average molecular weight is 562 g/mol. The van der Waals surface area contributed by atoms with Crippen LogP contribution in [-0.2, 0) is 24.2 Å². The van der Waals surface area contributed by atoms with Gasteiger partial charge in [0.2, 0.25) is 5.91 Å². The molecule has 3 heterocycles. The molecule has 1 aliphatic carbocycles. The van der Waals surface area contributed by atoms with Crippen molar-refractivity contribution in [1.29, 1.82) is 5.26 Å². The van der Waals surface area contributed by atoms with Crippen molar-refractivity contribution in [3.05, 3.63) is 56.1 Å². The summed E-state index contributed by atoms with van der Waals surface area (Å²) in [5.41, 5.74) is 6.43. The smallest absolute Gasteiger partial charge is 0.235 e. The molecular formula is C29H31N5OS3. The molecule has 1 aromatic carbocycles. The SMILES string of the molecule is CCC1CCc2c(sc(NC(=O)CSc3nnc(-c4csc(C)c4-c4ccc(C)cc4)n3CC)c2C#N)C1. The van der Waals surface area contributed by atoms with E-state index in [0.29, 0.717) is 28.2 Å². The van der Waals surface area contributed by atoms with Crippen LogP contribution in [-0.4, -0.2) is 26.4 Å². The van der Waals surface area contributed by atoms with E-state index in [4.69, 9.17) is 0 Å². The molecule has 38 heavy (non-hydrogen) atoms. The van der Waals surface area contributed by atoms with Crippen molar-refractivity contribution >= 4 is 45.3 Å². The predicted molar refractivity (Wildman–Crippen MR) is 158 cm³/mol. The largest absolute Gasteiger partial charge is 0.316 e. The summed E-state index contributed by atoms with van der Waals surface area (Å²) < 4.78 is 2.08. The normalized spacial score (nSPS) is 14.8. The van der Waals surface area contributed by atoms with Crippen molar-refractivity contribution in [3.8, 4) is 28.6 Å². The Kier molecular flexibility index (Phi) is 8.03. The number of thiophene rings is 2. The summed E-state index contributed by atoms with van der Waals surface area (Å²) in [7, 11) is 0. The molecule has 4 aromatic rings. The molecule has 0 bridgehead atoms. The van der Waals surface area contributed by atoms with Gasteiger partial charge in [0.15, 0.2) is 11.0 Å².